The van der Waals surface area contributed by atoms with Crippen molar-refractivity contribution in [1.82, 2.24) is 0 Å². The Morgan fingerprint density at radius 3 is 1.53 bits per heavy atom. The van der Waals surface area contributed by atoms with E-state index in [1.807, 2.05) is 0 Å². The number of hydrogen-bond acceptors (Lipinski definition) is 0. The van der Waals surface area contributed by atoms with Crippen LogP contribution in [0.5, 0.6) is 0 Å². The Bertz CT molecular complexity index is 333. The molecule has 0 aromatic heterocycles. The fourth-order valence-corrected chi connectivity index (χ4v) is 2.69. The number of unbranched alkanes of at least 4 members (excludes halogenated alkanes) is 3. The Hall–Kier alpha value is -0.780. The summed E-state index contributed by atoms with van der Waals surface area (Å²) < 4.78 is 0. The molecule has 0 saturated carbocycles. The lowest BCUT2D eigenvalue weighted by Crippen LogP contribution is -2.00. The van der Waals surface area contributed by atoms with Crippen LogP contribution in [0.1, 0.15) is 81.5 Å². The van der Waals surface area contributed by atoms with Gasteiger partial charge in [0.2, 0.25) is 0 Å². The topological polar surface area (TPSA) is 0 Å². The lowest BCUT2D eigenvalue weighted by Gasteiger charge is -2.14. The summed E-state index contributed by atoms with van der Waals surface area (Å²) in [6.07, 6.45) is 11.6. The molecule has 0 heterocycles. The van der Waals surface area contributed by atoms with Gasteiger partial charge in [0.05, 0.1) is 0 Å². The van der Waals surface area contributed by atoms with Gasteiger partial charge in [0, 0.05) is 0 Å². The molecule has 0 N–H and O–H groups in total. The molecule has 0 nitrogen and oxygen atoms in total. The summed E-state index contributed by atoms with van der Waals surface area (Å²) in [5, 5.41) is 0. The van der Waals surface area contributed by atoms with Gasteiger partial charge in [-0.05, 0) is 67.7 Å². The zero-order valence-electron chi connectivity index (χ0n) is 13.5. The molecule has 108 valence electrons. The quantitative estimate of drug-likeness (QED) is 0.509. The molecule has 0 heteroatoms. The summed E-state index contributed by atoms with van der Waals surface area (Å²) in [7, 11) is 0. The lowest BCUT2D eigenvalue weighted by molar-refractivity contribution is 0.760. The minimum atomic E-state index is 1.26. The van der Waals surface area contributed by atoms with Crippen molar-refractivity contribution in [1.29, 1.82) is 0 Å². The second-order valence-corrected chi connectivity index (χ2v) is 5.85. The average molecular weight is 260 g/mol. The van der Waals surface area contributed by atoms with Crippen molar-refractivity contribution in [2.24, 2.45) is 0 Å². The predicted molar refractivity (Wildman–Crippen MR) is 87.0 cm³/mol. The van der Waals surface area contributed by atoms with E-state index in [2.05, 4.69) is 39.8 Å². The smallest absolute Gasteiger partial charge is 0.0276 e. The van der Waals surface area contributed by atoms with Crippen LogP contribution >= 0.6 is 0 Å². The van der Waals surface area contributed by atoms with E-state index in [9.17, 15) is 0 Å². The Kier molecular flexibility index (Phi) is 7.86. The zero-order valence-corrected chi connectivity index (χ0v) is 13.5. The molecular formula is C19H32. The Labute approximate surface area is 120 Å². The molecule has 0 radical (unpaired) electrons. The molecule has 19 heavy (non-hydrogen) atoms. The van der Waals surface area contributed by atoms with Crippen LogP contribution < -0.4 is 0 Å². The molecule has 0 saturated heterocycles. The summed E-state index contributed by atoms with van der Waals surface area (Å²) in [5.41, 5.74) is 6.37. The zero-order chi connectivity index (χ0) is 14.1. The molecule has 1 rings (SSSR count). The van der Waals surface area contributed by atoms with E-state index in [0.717, 1.165) is 0 Å². The maximum atomic E-state index is 2.48. The molecule has 0 atom stereocenters. The molecule has 1 aromatic rings. The van der Waals surface area contributed by atoms with Gasteiger partial charge in [-0.3, -0.25) is 0 Å². The average Bonchev–Trinajstić information content (AvgIpc) is 2.43. The van der Waals surface area contributed by atoms with Crippen molar-refractivity contribution >= 4 is 0 Å². The van der Waals surface area contributed by atoms with Crippen LogP contribution in [0.15, 0.2) is 12.1 Å². The lowest BCUT2D eigenvalue weighted by atomic mass is 9.91. The van der Waals surface area contributed by atoms with Crippen molar-refractivity contribution in [3.63, 3.8) is 0 Å². The van der Waals surface area contributed by atoms with Gasteiger partial charge in [0.25, 0.3) is 0 Å². The molecule has 0 aliphatic carbocycles. The molecule has 0 aliphatic heterocycles. The number of rotatable bonds is 9. The van der Waals surface area contributed by atoms with Crippen LogP contribution in [-0.2, 0) is 19.3 Å². The van der Waals surface area contributed by atoms with Crippen molar-refractivity contribution in [3.05, 3.63) is 34.4 Å². The SMILES string of the molecule is CCCCc1cc(CCCC)c(C)c(CCCC)c1. The van der Waals surface area contributed by atoms with Crippen molar-refractivity contribution < 1.29 is 0 Å². The van der Waals surface area contributed by atoms with E-state index in [-0.39, 0.29) is 0 Å². The first-order valence-corrected chi connectivity index (χ1v) is 8.34. The summed E-state index contributed by atoms with van der Waals surface area (Å²) in [6.45, 7) is 9.19. The maximum Gasteiger partial charge on any atom is -0.0276 e. The van der Waals surface area contributed by atoms with Crippen molar-refractivity contribution in [2.45, 2.75) is 85.5 Å². The molecule has 0 unspecified atom stereocenters. The fourth-order valence-electron chi connectivity index (χ4n) is 2.69. The predicted octanol–water partition coefficient (Wildman–Crippen LogP) is 6.02. The second kappa shape index (κ2) is 9.18. The minimum Gasteiger partial charge on any atom is -0.0654 e. The Morgan fingerprint density at radius 1 is 0.684 bits per heavy atom. The van der Waals surface area contributed by atoms with E-state index >= 15 is 0 Å². The van der Waals surface area contributed by atoms with Gasteiger partial charge in [0.1, 0.15) is 0 Å². The third-order valence-electron chi connectivity index (χ3n) is 4.10. The Balaban J connectivity index is 2.92. The summed E-state index contributed by atoms with van der Waals surface area (Å²) >= 11 is 0. The van der Waals surface area contributed by atoms with Crippen LogP contribution in [0.4, 0.5) is 0 Å². The summed E-state index contributed by atoms with van der Waals surface area (Å²) in [6, 6.07) is 4.96. The van der Waals surface area contributed by atoms with E-state index in [1.165, 1.54) is 57.8 Å². The van der Waals surface area contributed by atoms with Gasteiger partial charge in [-0.2, -0.15) is 0 Å². The normalized spacial score (nSPS) is 10.9. The van der Waals surface area contributed by atoms with Gasteiger partial charge < -0.3 is 0 Å². The highest BCUT2D eigenvalue weighted by molar-refractivity contribution is 5.39. The van der Waals surface area contributed by atoms with Gasteiger partial charge >= 0.3 is 0 Å². The van der Waals surface area contributed by atoms with E-state index in [0.29, 0.717) is 0 Å². The van der Waals surface area contributed by atoms with Crippen LogP contribution in [0, 0.1) is 6.92 Å². The summed E-state index contributed by atoms with van der Waals surface area (Å²) in [4.78, 5) is 0. The van der Waals surface area contributed by atoms with E-state index in [1.54, 1.807) is 22.3 Å². The first kappa shape index (κ1) is 16.3. The fraction of sp³-hybridized carbons (Fsp3) is 0.684. The molecule has 0 fully saturated rings. The number of hydrogen-bond donors (Lipinski definition) is 0. The first-order valence-electron chi connectivity index (χ1n) is 8.34. The molecule has 0 amide bonds. The summed E-state index contributed by atoms with van der Waals surface area (Å²) in [5.74, 6) is 0. The van der Waals surface area contributed by atoms with E-state index < -0.39 is 0 Å². The molecule has 0 aliphatic rings. The van der Waals surface area contributed by atoms with Crippen LogP contribution in [0.3, 0.4) is 0 Å². The van der Waals surface area contributed by atoms with Gasteiger partial charge in [-0.1, -0.05) is 52.2 Å². The maximum absolute atomic E-state index is 2.48. The number of benzene rings is 1. The Morgan fingerprint density at radius 2 is 1.11 bits per heavy atom. The highest BCUT2D eigenvalue weighted by Gasteiger charge is 2.07. The highest BCUT2D eigenvalue weighted by Crippen LogP contribution is 2.22. The van der Waals surface area contributed by atoms with Crippen LogP contribution in [-0.4, -0.2) is 0 Å². The largest absolute Gasteiger partial charge is 0.0654 e. The van der Waals surface area contributed by atoms with Gasteiger partial charge in [-0.25, -0.2) is 0 Å². The minimum absolute atomic E-state index is 1.26. The van der Waals surface area contributed by atoms with Crippen molar-refractivity contribution in [2.75, 3.05) is 0 Å². The third-order valence-corrected chi connectivity index (χ3v) is 4.10. The van der Waals surface area contributed by atoms with Gasteiger partial charge in [0.15, 0.2) is 0 Å². The monoisotopic (exact) mass is 260 g/mol. The standard InChI is InChI=1S/C19H32/c1-5-8-11-17-14-18(12-9-6-2)16(4)19(15-17)13-10-7-3/h14-15H,5-13H2,1-4H3. The van der Waals surface area contributed by atoms with Crippen LogP contribution in [0.2, 0.25) is 0 Å². The van der Waals surface area contributed by atoms with Gasteiger partial charge in [-0.15, -0.1) is 0 Å². The molecule has 0 bridgehead atoms. The van der Waals surface area contributed by atoms with Crippen LogP contribution in [0.25, 0.3) is 0 Å². The first-order chi connectivity index (χ1) is 9.22. The number of aryl methyl sites for hydroxylation is 3. The molecular weight excluding hydrogens is 228 g/mol. The third kappa shape index (κ3) is 5.38. The second-order valence-electron chi connectivity index (χ2n) is 5.85. The molecule has 0 spiro atoms. The molecule has 1 aromatic carbocycles. The highest BCUT2D eigenvalue weighted by atomic mass is 14.1. The van der Waals surface area contributed by atoms with E-state index in [4.69, 9.17) is 0 Å². The van der Waals surface area contributed by atoms with Crippen molar-refractivity contribution in [3.8, 4) is 0 Å².